The summed E-state index contributed by atoms with van der Waals surface area (Å²) in [5, 5.41) is 4.07. The van der Waals surface area contributed by atoms with Crippen LogP contribution in [0.1, 0.15) is 34.3 Å². The van der Waals surface area contributed by atoms with E-state index in [0.717, 1.165) is 16.9 Å². The van der Waals surface area contributed by atoms with E-state index in [4.69, 9.17) is 4.74 Å². The molecule has 0 spiro atoms. The van der Waals surface area contributed by atoms with Crippen LogP contribution in [0.3, 0.4) is 0 Å². The molecular formula is C27H26FN3O3. The Labute approximate surface area is 198 Å². The van der Waals surface area contributed by atoms with E-state index in [1.54, 1.807) is 11.1 Å². The van der Waals surface area contributed by atoms with Gasteiger partial charge in [0.05, 0.1) is 6.21 Å². The highest BCUT2D eigenvalue weighted by Gasteiger charge is 2.27. The third-order valence-electron chi connectivity index (χ3n) is 5.76. The van der Waals surface area contributed by atoms with Gasteiger partial charge in [0, 0.05) is 24.6 Å². The smallest absolute Gasteiger partial charge is 0.253 e. The molecule has 0 unspecified atom stereocenters. The van der Waals surface area contributed by atoms with Crippen LogP contribution >= 0.6 is 0 Å². The Morgan fingerprint density at radius 2 is 1.65 bits per heavy atom. The number of nitrogens with zero attached hydrogens (tertiary/aromatic N) is 2. The van der Waals surface area contributed by atoms with Crippen molar-refractivity contribution in [1.29, 1.82) is 0 Å². The van der Waals surface area contributed by atoms with E-state index < -0.39 is 0 Å². The fourth-order valence-electron chi connectivity index (χ4n) is 3.77. The first-order valence-electron chi connectivity index (χ1n) is 11.2. The minimum absolute atomic E-state index is 0.145. The fraction of sp³-hybridized carbons (Fsp3) is 0.222. The van der Waals surface area contributed by atoms with Gasteiger partial charge in [0.1, 0.15) is 18.2 Å². The summed E-state index contributed by atoms with van der Waals surface area (Å²) in [7, 11) is 0. The molecule has 0 radical (unpaired) electrons. The lowest BCUT2D eigenvalue weighted by molar-refractivity contribution is -0.126. The molecule has 1 fully saturated rings. The van der Waals surface area contributed by atoms with Crippen LogP contribution in [0, 0.1) is 11.7 Å². The highest BCUT2D eigenvalue weighted by Crippen LogP contribution is 2.20. The number of ether oxygens (including phenoxy) is 1. The summed E-state index contributed by atoms with van der Waals surface area (Å²) >= 11 is 0. The van der Waals surface area contributed by atoms with Gasteiger partial charge in [-0.3, -0.25) is 9.59 Å². The van der Waals surface area contributed by atoms with Crippen molar-refractivity contribution in [1.82, 2.24) is 10.3 Å². The number of likely N-dealkylation sites (tertiary alicyclic amines) is 1. The molecule has 3 aromatic rings. The molecule has 0 saturated carbocycles. The summed E-state index contributed by atoms with van der Waals surface area (Å²) in [5.41, 5.74) is 4.99. The van der Waals surface area contributed by atoms with Crippen LogP contribution in [-0.2, 0) is 11.4 Å². The number of carbonyl (C=O) groups excluding carboxylic acids is 2. The van der Waals surface area contributed by atoms with Gasteiger partial charge >= 0.3 is 0 Å². The lowest BCUT2D eigenvalue weighted by Gasteiger charge is -2.31. The number of hydrogen-bond acceptors (Lipinski definition) is 4. The van der Waals surface area contributed by atoms with Crippen LogP contribution in [0.25, 0.3) is 0 Å². The molecule has 0 aromatic heterocycles. The average molecular weight is 460 g/mol. The molecule has 2 amide bonds. The third kappa shape index (κ3) is 6.28. The second-order valence-electron chi connectivity index (χ2n) is 8.15. The van der Waals surface area contributed by atoms with Crippen molar-refractivity contribution in [3.63, 3.8) is 0 Å². The number of hydrogen-bond donors (Lipinski definition) is 1. The Morgan fingerprint density at radius 1 is 0.971 bits per heavy atom. The minimum Gasteiger partial charge on any atom is -0.489 e. The zero-order valence-electron chi connectivity index (χ0n) is 18.7. The van der Waals surface area contributed by atoms with Crippen molar-refractivity contribution >= 4 is 18.0 Å². The maximum Gasteiger partial charge on any atom is 0.253 e. The second kappa shape index (κ2) is 11.2. The molecule has 4 rings (SSSR count). The third-order valence-corrected chi connectivity index (χ3v) is 5.76. The van der Waals surface area contributed by atoms with E-state index in [2.05, 4.69) is 10.5 Å². The van der Waals surface area contributed by atoms with Gasteiger partial charge in [-0.05, 0) is 72.5 Å². The topological polar surface area (TPSA) is 71.0 Å². The molecule has 6 nitrogen and oxygen atoms in total. The van der Waals surface area contributed by atoms with Gasteiger partial charge in [-0.15, -0.1) is 0 Å². The van der Waals surface area contributed by atoms with E-state index in [1.165, 1.54) is 24.3 Å². The van der Waals surface area contributed by atoms with Gasteiger partial charge in [-0.1, -0.05) is 30.3 Å². The molecule has 1 aliphatic rings. The van der Waals surface area contributed by atoms with Gasteiger partial charge in [-0.25, -0.2) is 9.82 Å². The highest BCUT2D eigenvalue weighted by atomic mass is 19.1. The van der Waals surface area contributed by atoms with Gasteiger partial charge in [0.25, 0.3) is 5.91 Å². The number of carbonyl (C=O) groups is 2. The number of benzene rings is 3. The Kier molecular flexibility index (Phi) is 7.65. The summed E-state index contributed by atoms with van der Waals surface area (Å²) in [4.78, 5) is 26.7. The quantitative estimate of drug-likeness (QED) is 0.420. The van der Waals surface area contributed by atoms with Crippen molar-refractivity contribution in [3.05, 3.63) is 101 Å². The Hall–Kier alpha value is -4.00. The molecule has 0 bridgehead atoms. The highest BCUT2D eigenvalue weighted by molar-refractivity contribution is 5.94. The summed E-state index contributed by atoms with van der Waals surface area (Å²) in [6.45, 7) is 1.45. The number of hydrazone groups is 1. The summed E-state index contributed by atoms with van der Waals surface area (Å²) in [5.74, 6) is -0.129. The van der Waals surface area contributed by atoms with E-state index in [0.29, 0.717) is 38.1 Å². The van der Waals surface area contributed by atoms with Crippen molar-refractivity contribution < 1.29 is 18.7 Å². The van der Waals surface area contributed by atoms with Gasteiger partial charge in [-0.2, -0.15) is 5.10 Å². The predicted molar refractivity (Wildman–Crippen MR) is 128 cm³/mol. The number of halogens is 1. The number of rotatable bonds is 7. The van der Waals surface area contributed by atoms with Crippen LogP contribution in [0.15, 0.2) is 84.0 Å². The first-order chi connectivity index (χ1) is 16.6. The molecule has 1 heterocycles. The fourth-order valence-corrected chi connectivity index (χ4v) is 3.77. The van der Waals surface area contributed by atoms with Crippen LogP contribution in [0.4, 0.5) is 4.39 Å². The molecule has 34 heavy (non-hydrogen) atoms. The van der Waals surface area contributed by atoms with Crippen LogP contribution in [-0.4, -0.2) is 36.0 Å². The van der Waals surface area contributed by atoms with E-state index in [9.17, 15) is 14.0 Å². The Bertz CT molecular complexity index is 1120. The standard InChI is InChI=1S/C27H26FN3O3/c28-24-10-8-23(9-11-24)27(33)31-16-14-22(15-17-31)26(32)30-29-18-20-6-12-25(13-7-20)34-19-21-4-2-1-3-5-21/h1-13,18,22H,14-17,19H2,(H,30,32)/b29-18-. The largest absolute Gasteiger partial charge is 0.489 e. The Balaban J connectivity index is 1.20. The van der Waals surface area contributed by atoms with E-state index in [1.807, 2.05) is 54.6 Å². The molecule has 1 aliphatic heterocycles. The molecule has 1 N–H and O–H groups in total. The van der Waals surface area contributed by atoms with Crippen LogP contribution in [0.5, 0.6) is 5.75 Å². The first kappa shape index (κ1) is 23.2. The van der Waals surface area contributed by atoms with Gasteiger partial charge in [0.2, 0.25) is 5.91 Å². The number of amides is 2. The maximum absolute atomic E-state index is 13.1. The second-order valence-corrected chi connectivity index (χ2v) is 8.15. The average Bonchev–Trinajstić information content (AvgIpc) is 2.89. The molecule has 174 valence electrons. The summed E-state index contributed by atoms with van der Waals surface area (Å²) in [6.07, 6.45) is 2.70. The lowest BCUT2D eigenvalue weighted by atomic mass is 9.95. The molecular weight excluding hydrogens is 433 g/mol. The van der Waals surface area contributed by atoms with Crippen molar-refractivity contribution in [2.75, 3.05) is 13.1 Å². The van der Waals surface area contributed by atoms with Crippen LogP contribution in [0.2, 0.25) is 0 Å². The minimum atomic E-state index is -0.375. The maximum atomic E-state index is 13.1. The van der Waals surface area contributed by atoms with Crippen molar-refractivity contribution in [2.24, 2.45) is 11.0 Å². The summed E-state index contributed by atoms with van der Waals surface area (Å²) < 4.78 is 18.8. The van der Waals surface area contributed by atoms with Gasteiger partial charge < -0.3 is 9.64 Å². The molecule has 0 atom stereocenters. The van der Waals surface area contributed by atoms with Crippen molar-refractivity contribution in [3.8, 4) is 5.75 Å². The molecule has 3 aromatic carbocycles. The van der Waals surface area contributed by atoms with E-state index >= 15 is 0 Å². The zero-order chi connectivity index (χ0) is 23.8. The lowest BCUT2D eigenvalue weighted by Crippen LogP contribution is -2.42. The van der Waals surface area contributed by atoms with E-state index in [-0.39, 0.29) is 23.5 Å². The SMILES string of the molecule is O=C(N/N=C\c1ccc(OCc2ccccc2)cc1)C1CCN(C(=O)c2ccc(F)cc2)CC1. The predicted octanol–water partition coefficient (Wildman–Crippen LogP) is 4.41. The first-order valence-corrected chi connectivity index (χ1v) is 11.2. The zero-order valence-corrected chi connectivity index (χ0v) is 18.7. The number of piperidine rings is 1. The summed E-state index contributed by atoms with van der Waals surface area (Å²) in [6, 6.07) is 22.9. The monoisotopic (exact) mass is 459 g/mol. The normalized spacial score (nSPS) is 14.2. The van der Waals surface area contributed by atoms with Crippen molar-refractivity contribution in [2.45, 2.75) is 19.4 Å². The molecule has 1 saturated heterocycles. The molecule has 0 aliphatic carbocycles. The van der Waals surface area contributed by atoms with Crippen LogP contribution < -0.4 is 10.2 Å². The molecule has 7 heteroatoms. The van der Waals surface area contributed by atoms with Gasteiger partial charge in [0.15, 0.2) is 0 Å². The number of nitrogens with one attached hydrogen (secondary N) is 1. The Morgan fingerprint density at radius 3 is 2.32 bits per heavy atom.